The van der Waals surface area contributed by atoms with E-state index in [1.54, 1.807) is 42.2 Å². The van der Waals surface area contributed by atoms with Crippen LogP contribution in [0.1, 0.15) is 34.0 Å². The molecule has 0 aliphatic carbocycles. The van der Waals surface area contributed by atoms with Gasteiger partial charge in [0.2, 0.25) is 0 Å². The number of nitrogens with zero attached hydrogens (tertiary/aromatic N) is 4. The van der Waals surface area contributed by atoms with Crippen LogP contribution in [0.5, 0.6) is 0 Å². The van der Waals surface area contributed by atoms with Gasteiger partial charge >= 0.3 is 0 Å². The van der Waals surface area contributed by atoms with Crippen LogP contribution in [0.2, 0.25) is 0 Å². The first kappa shape index (κ1) is 29.4. The molecule has 220 valence electrons. The SMILES string of the molecule is C=C(Nc1cnc(-c2cccc(C(=O)NC)c2C)n(Cc2cncc(-n3cc(C)c4cc(F)ccc43)c2)c1=O)[C@H](C)NC. The van der Waals surface area contributed by atoms with E-state index in [0.29, 0.717) is 28.2 Å². The molecule has 0 fully saturated rings. The van der Waals surface area contributed by atoms with Gasteiger partial charge < -0.3 is 20.5 Å². The summed E-state index contributed by atoms with van der Waals surface area (Å²) in [5, 5.41) is 9.70. The number of fused-ring (bicyclic) bond motifs is 1. The molecule has 0 spiro atoms. The number of carbonyl (C=O) groups excluding carboxylic acids is 1. The van der Waals surface area contributed by atoms with Crippen molar-refractivity contribution in [3.8, 4) is 17.1 Å². The lowest BCUT2D eigenvalue weighted by Gasteiger charge is -2.19. The second kappa shape index (κ2) is 12.0. The molecule has 0 aliphatic heterocycles. The van der Waals surface area contributed by atoms with Gasteiger partial charge in [-0.15, -0.1) is 0 Å². The standard InChI is InChI=1S/C33H34FN7O2/c1-19-17-40(30-11-10-24(34)13-28(19)30)25-12-23(14-37-15-25)18-41-31(26-8-7-9-27(20(26)2)32(42)36-6)38-16-29(33(41)43)39-22(4)21(3)35-5/h7-17,21,35,39H,4,18H2,1-3,5-6H3,(H,36,42)/t21-/m0/s1. The number of anilines is 1. The average molecular weight is 580 g/mol. The molecule has 5 rings (SSSR count). The number of halogens is 1. The highest BCUT2D eigenvalue weighted by atomic mass is 19.1. The van der Waals surface area contributed by atoms with Crippen LogP contribution in [0.3, 0.4) is 0 Å². The molecule has 1 amide bonds. The Hall–Kier alpha value is -5.09. The maximum absolute atomic E-state index is 14.0. The number of rotatable bonds is 9. The molecule has 2 aromatic carbocycles. The van der Waals surface area contributed by atoms with Crippen molar-refractivity contribution in [2.24, 2.45) is 0 Å². The van der Waals surface area contributed by atoms with Crippen LogP contribution in [0.15, 0.2) is 84.3 Å². The summed E-state index contributed by atoms with van der Waals surface area (Å²) >= 11 is 0. The third-order valence-electron chi connectivity index (χ3n) is 7.71. The normalized spacial score (nSPS) is 11.9. The molecule has 0 saturated carbocycles. The van der Waals surface area contributed by atoms with E-state index in [4.69, 9.17) is 4.98 Å². The van der Waals surface area contributed by atoms with Gasteiger partial charge in [0.25, 0.3) is 11.5 Å². The Morgan fingerprint density at radius 1 is 1.09 bits per heavy atom. The predicted octanol–water partition coefficient (Wildman–Crippen LogP) is 4.95. The van der Waals surface area contributed by atoms with Crippen molar-refractivity contribution in [1.29, 1.82) is 0 Å². The molecule has 0 radical (unpaired) electrons. The number of amides is 1. The second-order valence-corrected chi connectivity index (χ2v) is 10.5. The number of aryl methyl sites for hydroxylation is 1. The largest absolute Gasteiger partial charge is 0.355 e. The fourth-order valence-corrected chi connectivity index (χ4v) is 5.11. The molecule has 43 heavy (non-hydrogen) atoms. The number of nitrogens with one attached hydrogen (secondary N) is 3. The zero-order valence-electron chi connectivity index (χ0n) is 24.8. The van der Waals surface area contributed by atoms with Crippen LogP contribution in [0.4, 0.5) is 10.1 Å². The minimum Gasteiger partial charge on any atom is -0.355 e. The number of benzene rings is 2. The van der Waals surface area contributed by atoms with Gasteiger partial charge in [-0.1, -0.05) is 18.7 Å². The van der Waals surface area contributed by atoms with Crippen molar-refractivity contribution in [2.75, 3.05) is 19.4 Å². The summed E-state index contributed by atoms with van der Waals surface area (Å²) in [5.74, 6) is -0.111. The smallest absolute Gasteiger partial charge is 0.277 e. The molecule has 9 nitrogen and oxygen atoms in total. The molecular weight excluding hydrogens is 545 g/mol. The summed E-state index contributed by atoms with van der Waals surface area (Å²) in [6.45, 7) is 9.92. The van der Waals surface area contributed by atoms with Gasteiger partial charge in [-0.25, -0.2) is 9.37 Å². The summed E-state index contributed by atoms with van der Waals surface area (Å²) in [4.78, 5) is 35.8. The number of likely N-dealkylation sites (N-methyl/N-ethyl adjacent to an activating group) is 1. The molecule has 1 atom stereocenters. The fraction of sp³-hybridized carbons (Fsp3) is 0.212. The summed E-state index contributed by atoms with van der Waals surface area (Å²) in [5.41, 5.74) is 5.75. The van der Waals surface area contributed by atoms with E-state index in [2.05, 4.69) is 27.5 Å². The molecule has 0 bridgehead atoms. The molecule has 0 saturated heterocycles. The first-order chi connectivity index (χ1) is 20.6. The number of pyridine rings is 1. The molecule has 5 aromatic rings. The molecular formula is C33H34FN7O2. The summed E-state index contributed by atoms with van der Waals surface area (Å²) in [6, 6.07) is 11.9. The van der Waals surface area contributed by atoms with Gasteiger partial charge in [0.05, 0.1) is 30.1 Å². The van der Waals surface area contributed by atoms with Gasteiger partial charge in [-0.05, 0) is 74.8 Å². The Bertz CT molecular complexity index is 1930. The molecule has 3 heterocycles. The van der Waals surface area contributed by atoms with Gasteiger partial charge in [-0.3, -0.25) is 19.1 Å². The molecule has 0 aliphatic rings. The Labute approximate surface area is 249 Å². The zero-order chi connectivity index (χ0) is 30.8. The summed E-state index contributed by atoms with van der Waals surface area (Å²) in [7, 11) is 3.39. The quantitative estimate of drug-likeness (QED) is 0.228. The lowest BCUT2D eigenvalue weighted by molar-refractivity contribution is 0.0962. The first-order valence-corrected chi connectivity index (χ1v) is 13.9. The van der Waals surface area contributed by atoms with Crippen LogP contribution >= 0.6 is 0 Å². The van der Waals surface area contributed by atoms with Crippen LogP contribution in [0.25, 0.3) is 28.0 Å². The highest BCUT2D eigenvalue weighted by molar-refractivity contribution is 5.97. The molecule has 0 unspecified atom stereocenters. The number of hydrogen-bond donors (Lipinski definition) is 3. The van der Waals surface area contributed by atoms with Crippen molar-refractivity contribution < 1.29 is 9.18 Å². The van der Waals surface area contributed by atoms with E-state index in [1.807, 2.05) is 50.7 Å². The van der Waals surface area contributed by atoms with E-state index < -0.39 is 0 Å². The average Bonchev–Trinajstić information content (AvgIpc) is 3.34. The monoisotopic (exact) mass is 579 g/mol. The number of hydrogen-bond acceptors (Lipinski definition) is 6. The van der Waals surface area contributed by atoms with E-state index in [1.165, 1.54) is 18.3 Å². The third kappa shape index (κ3) is 5.69. The van der Waals surface area contributed by atoms with Gasteiger partial charge in [-0.2, -0.15) is 0 Å². The van der Waals surface area contributed by atoms with E-state index >= 15 is 0 Å². The lowest BCUT2D eigenvalue weighted by atomic mass is 10.0. The maximum Gasteiger partial charge on any atom is 0.277 e. The van der Waals surface area contributed by atoms with Crippen molar-refractivity contribution in [2.45, 2.75) is 33.4 Å². The Kier molecular flexibility index (Phi) is 8.22. The van der Waals surface area contributed by atoms with E-state index in [9.17, 15) is 14.0 Å². The number of aromatic nitrogens is 4. The van der Waals surface area contributed by atoms with E-state index in [-0.39, 0.29) is 35.6 Å². The molecule has 3 aromatic heterocycles. The fourth-order valence-electron chi connectivity index (χ4n) is 5.11. The highest BCUT2D eigenvalue weighted by Crippen LogP contribution is 2.27. The van der Waals surface area contributed by atoms with Crippen LogP contribution < -0.4 is 21.5 Å². The van der Waals surface area contributed by atoms with Crippen molar-refractivity contribution in [3.63, 3.8) is 0 Å². The minimum absolute atomic E-state index is 0.0896. The van der Waals surface area contributed by atoms with Gasteiger partial charge in [0.1, 0.15) is 17.3 Å². The maximum atomic E-state index is 14.0. The molecule has 3 N–H and O–H groups in total. The highest BCUT2D eigenvalue weighted by Gasteiger charge is 2.19. The van der Waals surface area contributed by atoms with Crippen molar-refractivity contribution in [1.82, 2.24) is 29.7 Å². The van der Waals surface area contributed by atoms with Gasteiger partial charge in [0, 0.05) is 47.7 Å². The van der Waals surface area contributed by atoms with Crippen LogP contribution in [-0.4, -0.2) is 45.1 Å². The van der Waals surface area contributed by atoms with Gasteiger partial charge in [0.15, 0.2) is 0 Å². The van der Waals surface area contributed by atoms with Crippen LogP contribution in [-0.2, 0) is 6.54 Å². The predicted molar refractivity (Wildman–Crippen MR) is 168 cm³/mol. The minimum atomic E-state index is -0.303. The van der Waals surface area contributed by atoms with Crippen molar-refractivity contribution in [3.05, 3.63) is 118 Å². The Morgan fingerprint density at radius 2 is 1.88 bits per heavy atom. The Balaban J connectivity index is 1.63. The lowest BCUT2D eigenvalue weighted by Crippen LogP contribution is -2.31. The topological polar surface area (TPSA) is 106 Å². The number of carbonyl (C=O) groups is 1. The summed E-state index contributed by atoms with van der Waals surface area (Å²) < 4.78 is 17.5. The zero-order valence-corrected chi connectivity index (χ0v) is 24.8. The van der Waals surface area contributed by atoms with Crippen molar-refractivity contribution >= 4 is 22.5 Å². The molecule has 10 heteroatoms. The first-order valence-electron chi connectivity index (χ1n) is 13.9. The second-order valence-electron chi connectivity index (χ2n) is 10.5. The summed E-state index contributed by atoms with van der Waals surface area (Å²) in [6.07, 6.45) is 6.87. The van der Waals surface area contributed by atoms with Crippen LogP contribution in [0, 0.1) is 19.7 Å². The third-order valence-corrected chi connectivity index (χ3v) is 7.71. The van der Waals surface area contributed by atoms with E-state index in [0.717, 1.165) is 27.7 Å². The Morgan fingerprint density at radius 3 is 2.63 bits per heavy atom.